The first-order valence-electron chi connectivity index (χ1n) is 5.23. The molecule has 88 valence electrons. The number of nitrogens with zero attached hydrogens (tertiary/aromatic N) is 2. The number of nitrogens with two attached hydrogens (primary N) is 1. The van der Waals surface area contributed by atoms with Gasteiger partial charge in [-0.05, 0) is 24.6 Å². The number of hydrogen-bond acceptors (Lipinski definition) is 4. The number of aromatic nitrogens is 2. The van der Waals surface area contributed by atoms with Crippen molar-refractivity contribution in [3.8, 4) is 11.6 Å². The highest BCUT2D eigenvalue weighted by molar-refractivity contribution is 6.32. The van der Waals surface area contributed by atoms with Crippen LogP contribution >= 0.6 is 11.6 Å². The van der Waals surface area contributed by atoms with E-state index in [1.807, 2.05) is 6.92 Å². The smallest absolute Gasteiger partial charge is 0.222 e. The van der Waals surface area contributed by atoms with Crippen LogP contribution in [0.5, 0.6) is 11.6 Å². The molecule has 2 rings (SSSR count). The Morgan fingerprint density at radius 1 is 1.29 bits per heavy atom. The normalized spacial score (nSPS) is 10.2. The molecule has 0 saturated carbocycles. The van der Waals surface area contributed by atoms with Gasteiger partial charge in [-0.2, -0.15) is 0 Å². The third-order valence-electron chi connectivity index (χ3n) is 2.23. The Kier molecular flexibility index (Phi) is 3.44. The molecule has 1 heterocycles. The fraction of sp³-hybridized carbons (Fsp3) is 0.167. The van der Waals surface area contributed by atoms with Gasteiger partial charge in [-0.25, -0.2) is 9.97 Å². The zero-order chi connectivity index (χ0) is 12.3. The molecular formula is C12H12ClN3O. The summed E-state index contributed by atoms with van der Waals surface area (Å²) in [5, 5.41) is 0.460. The molecule has 0 saturated heterocycles. The van der Waals surface area contributed by atoms with Gasteiger partial charge in [0.15, 0.2) is 0 Å². The van der Waals surface area contributed by atoms with Crippen molar-refractivity contribution in [1.82, 2.24) is 9.97 Å². The second-order valence-electron chi connectivity index (χ2n) is 3.49. The first-order valence-corrected chi connectivity index (χ1v) is 5.60. The Morgan fingerprint density at radius 2 is 2.12 bits per heavy atom. The van der Waals surface area contributed by atoms with Crippen LogP contribution in [0.25, 0.3) is 0 Å². The topological polar surface area (TPSA) is 61.0 Å². The van der Waals surface area contributed by atoms with E-state index in [1.165, 1.54) is 6.33 Å². The number of aryl methyl sites for hydroxylation is 1. The quantitative estimate of drug-likeness (QED) is 0.850. The largest absolute Gasteiger partial charge is 0.437 e. The Balaban J connectivity index is 2.25. The summed E-state index contributed by atoms with van der Waals surface area (Å²) in [4.78, 5) is 8.11. The maximum atomic E-state index is 6.00. The van der Waals surface area contributed by atoms with Crippen LogP contribution in [0.1, 0.15) is 12.6 Å². The predicted molar refractivity (Wildman–Crippen MR) is 67.3 cm³/mol. The number of halogens is 1. The van der Waals surface area contributed by atoms with Crippen LogP contribution < -0.4 is 10.5 Å². The fourth-order valence-corrected chi connectivity index (χ4v) is 1.57. The summed E-state index contributed by atoms with van der Waals surface area (Å²) >= 11 is 6.00. The molecule has 0 bridgehead atoms. The zero-order valence-corrected chi connectivity index (χ0v) is 10.1. The van der Waals surface area contributed by atoms with Gasteiger partial charge < -0.3 is 10.5 Å². The van der Waals surface area contributed by atoms with Gasteiger partial charge in [0.1, 0.15) is 12.1 Å². The molecule has 0 aliphatic carbocycles. The zero-order valence-electron chi connectivity index (χ0n) is 9.35. The average molecular weight is 250 g/mol. The molecule has 0 unspecified atom stereocenters. The van der Waals surface area contributed by atoms with E-state index in [1.54, 1.807) is 24.3 Å². The molecular weight excluding hydrogens is 238 g/mol. The first-order chi connectivity index (χ1) is 8.19. The van der Waals surface area contributed by atoms with Crippen molar-refractivity contribution in [1.29, 1.82) is 0 Å². The van der Waals surface area contributed by atoms with Crippen LogP contribution in [0.15, 0.2) is 30.6 Å². The molecule has 0 fully saturated rings. The Morgan fingerprint density at radius 3 is 2.82 bits per heavy atom. The van der Waals surface area contributed by atoms with Crippen molar-refractivity contribution in [2.45, 2.75) is 13.3 Å². The molecule has 0 amide bonds. The molecule has 2 aromatic rings. The molecule has 0 aliphatic rings. The second-order valence-corrected chi connectivity index (χ2v) is 3.90. The molecule has 2 N–H and O–H groups in total. The highest BCUT2D eigenvalue weighted by Gasteiger charge is 2.05. The molecule has 1 aromatic heterocycles. The number of rotatable bonds is 3. The summed E-state index contributed by atoms with van der Waals surface area (Å²) in [6.45, 7) is 2.02. The van der Waals surface area contributed by atoms with Gasteiger partial charge in [0.2, 0.25) is 5.88 Å². The third kappa shape index (κ3) is 2.85. The van der Waals surface area contributed by atoms with Crippen LogP contribution in [0.3, 0.4) is 0 Å². The SMILES string of the molecule is CCc1cc(Oc2ccc(N)cc2Cl)ncn1. The van der Waals surface area contributed by atoms with Gasteiger partial charge in [0.25, 0.3) is 0 Å². The molecule has 1 aromatic carbocycles. The number of anilines is 1. The predicted octanol–water partition coefficient (Wildman–Crippen LogP) is 3.07. The molecule has 4 nitrogen and oxygen atoms in total. The highest BCUT2D eigenvalue weighted by Crippen LogP contribution is 2.29. The van der Waals surface area contributed by atoms with E-state index in [9.17, 15) is 0 Å². The summed E-state index contributed by atoms with van der Waals surface area (Å²) in [5.74, 6) is 1.00. The van der Waals surface area contributed by atoms with Crippen molar-refractivity contribution in [3.05, 3.63) is 41.3 Å². The number of hydrogen-bond donors (Lipinski definition) is 1. The van der Waals surface area contributed by atoms with E-state index < -0.39 is 0 Å². The van der Waals surface area contributed by atoms with E-state index in [2.05, 4.69) is 9.97 Å². The van der Waals surface area contributed by atoms with Crippen molar-refractivity contribution >= 4 is 17.3 Å². The summed E-state index contributed by atoms with van der Waals surface area (Å²) < 4.78 is 5.57. The van der Waals surface area contributed by atoms with Gasteiger partial charge in [0.05, 0.1) is 5.02 Å². The van der Waals surface area contributed by atoms with Crippen molar-refractivity contribution < 1.29 is 4.74 Å². The lowest BCUT2D eigenvalue weighted by Gasteiger charge is -2.07. The van der Waals surface area contributed by atoms with E-state index in [-0.39, 0.29) is 0 Å². The summed E-state index contributed by atoms with van der Waals surface area (Å²) in [5.41, 5.74) is 7.12. The number of benzene rings is 1. The van der Waals surface area contributed by atoms with Crippen molar-refractivity contribution in [2.75, 3.05) is 5.73 Å². The van der Waals surface area contributed by atoms with E-state index >= 15 is 0 Å². The average Bonchev–Trinajstić information content (AvgIpc) is 2.33. The molecule has 5 heteroatoms. The maximum absolute atomic E-state index is 6.00. The van der Waals surface area contributed by atoms with Gasteiger partial charge in [0, 0.05) is 17.4 Å². The third-order valence-corrected chi connectivity index (χ3v) is 2.53. The van der Waals surface area contributed by atoms with E-state index in [4.69, 9.17) is 22.1 Å². The van der Waals surface area contributed by atoms with Crippen LogP contribution in [0.4, 0.5) is 5.69 Å². The summed E-state index contributed by atoms with van der Waals surface area (Å²) in [7, 11) is 0. The Bertz CT molecular complexity index is 531. The number of ether oxygens (including phenoxy) is 1. The van der Waals surface area contributed by atoms with Crippen LogP contribution in [-0.4, -0.2) is 9.97 Å². The van der Waals surface area contributed by atoms with Gasteiger partial charge >= 0.3 is 0 Å². The van der Waals surface area contributed by atoms with Gasteiger partial charge in [-0.3, -0.25) is 0 Å². The van der Waals surface area contributed by atoms with Crippen molar-refractivity contribution in [2.24, 2.45) is 0 Å². The molecule has 0 radical (unpaired) electrons. The van der Waals surface area contributed by atoms with Gasteiger partial charge in [-0.1, -0.05) is 18.5 Å². The molecule has 17 heavy (non-hydrogen) atoms. The lowest BCUT2D eigenvalue weighted by Crippen LogP contribution is -1.94. The maximum Gasteiger partial charge on any atom is 0.222 e. The van der Waals surface area contributed by atoms with E-state index in [0.717, 1.165) is 12.1 Å². The monoisotopic (exact) mass is 249 g/mol. The Labute approximate surface area is 104 Å². The van der Waals surface area contributed by atoms with Crippen LogP contribution in [-0.2, 0) is 6.42 Å². The minimum absolute atomic E-state index is 0.460. The lowest BCUT2D eigenvalue weighted by atomic mass is 10.3. The van der Waals surface area contributed by atoms with Crippen molar-refractivity contribution in [3.63, 3.8) is 0 Å². The summed E-state index contributed by atoms with van der Waals surface area (Å²) in [6.07, 6.45) is 2.30. The summed E-state index contributed by atoms with van der Waals surface area (Å²) in [6, 6.07) is 6.86. The highest BCUT2D eigenvalue weighted by atomic mass is 35.5. The lowest BCUT2D eigenvalue weighted by molar-refractivity contribution is 0.460. The van der Waals surface area contributed by atoms with Crippen LogP contribution in [0, 0.1) is 0 Å². The first kappa shape index (κ1) is 11.7. The minimum atomic E-state index is 0.460. The standard InChI is InChI=1S/C12H12ClN3O/c1-2-9-6-12(16-7-15-9)17-11-4-3-8(14)5-10(11)13/h3-7H,2,14H2,1H3. The molecule has 0 aliphatic heterocycles. The minimum Gasteiger partial charge on any atom is -0.437 e. The molecule has 0 spiro atoms. The fourth-order valence-electron chi connectivity index (χ4n) is 1.34. The number of nitrogen functional groups attached to an aromatic ring is 1. The Hall–Kier alpha value is -1.81. The van der Waals surface area contributed by atoms with E-state index in [0.29, 0.717) is 22.3 Å². The molecule has 0 atom stereocenters. The van der Waals surface area contributed by atoms with Gasteiger partial charge in [-0.15, -0.1) is 0 Å². The second kappa shape index (κ2) is 5.01. The van der Waals surface area contributed by atoms with Crippen LogP contribution in [0.2, 0.25) is 5.02 Å².